The van der Waals surface area contributed by atoms with E-state index in [1.807, 2.05) is 72.8 Å². The number of hydrogen-bond acceptors (Lipinski definition) is 7. The Balaban J connectivity index is 1.32. The van der Waals surface area contributed by atoms with Crippen LogP contribution in [0.2, 0.25) is 5.02 Å². The second kappa shape index (κ2) is 10.6. The highest BCUT2D eigenvalue weighted by Gasteiger charge is 2.26. The molecule has 192 valence electrons. The molecule has 1 atom stereocenters. The number of nitrogens with two attached hydrogens (primary N) is 1. The van der Waals surface area contributed by atoms with E-state index in [0.717, 1.165) is 33.5 Å². The summed E-state index contributed by atoms with van der Waals surface area (Å²) in [7, 11) is 1.78. The number of benzene rings is 3. The summed E-state index contributed by atoms with van der Waals surface area (Å²) in [6.07, 6.45) is 5.13. The molecule has 1 aliphatic rings. The van der Waals surface area contributed by atoms with Crippen LogP contribution in [0.25, 0.3) is 16.8 Å². The van der Waals surface area contributed by atoms with Crippen molar-refractivity contribution in [1.82, 2.24) is 15.0 Å². The van der Waals surface area contributed by atoms with Crippen LogP contribution in [0, 0.1) is 0 Å². The van der Waals surface area contributed by atoms with E-state index in [1.165, 1.54) is 0 Å². The number of hydrogen-bond donors (Lipinski definition) is 2. The summed E-state index contributed by atoms with van der Waals surface area (Å²) in [6, 6.07) is 29.5. The SMILES string of the molecule is CNc1nccc(-c2cccnc2Oc2ccc(N3C=C(c4cccc(Cl)c4)c4ccccc4C3N)cc2)n1. The summed E-state index contributed by atoms with van der Waals surface area (Å²) in [5, 5.41) is 3.65. The molecule has 2 aromatic heterocycles. The maximum absolute atomic E-state index is 6.76. The molecule has 8 heteroatoms. The monoisotopic (exact) mass is 532 g/mol. The fourth-order valence-corrected chi connectivity index (χ4v) is 4.84. The third kappa shape index (κ3) is 4.93. The molecule has 7 nitrogen and oxygen atoms in total. The fourth-order valence-electron chi connectivity index (χ4n) is 4.65. The second-order valence-corrected chi connectivity index (χ2v) is 9.40. The molecular formula is C31H25ClN6O. The molecule has 5 aromatic rings. The van der Waals surface area contributed by atoms with Gasteiger partial charge in [0.25, 0.3) is 0 Å². The highest BCUT2D eigenvalue weighted by atomic mass is 35.5. The molecule has 0 spiro atoms. The number of pyridine rings is 1. The first kappa shape index (κ1) is 24.6. The number of fused-ring (bicyclic) bond motifs is 1. The zero-order valence-electron chi connectivity index (χ0n) is 21.1. The predicted octanol–water partition coefficient (Wildman–Crippen LogP) is 6.89. The minimum atomic E-state index is -0.350. The normalized spacial score (nSPS) is 14.4. The molecule has 0 radical (unpaired) electrons. The van der Waals surface area contributed by atoms with Gasteiger partial charge >= 0.3 is 0 Å². The number of halogens is 1. The lowest BCUT2D eigenvalue weighted by Crippen LogP contribution is -2.34. The van der Waals surface area contributed by atoms with Gasteiger partial charge in [-0.25, -0.2) is 15.0 Å². The molecule has 0 aliphatic carbocycles. The third-order valence-corrected chi connectivity index (χ3v) is 6.78. The van der Waals surface area contributed by atoms with Gasteiger partial charge in [0.15, 0.2) is 0 Å². The van der Waals surface area contributed by atoms with Gasteiger partial charge in [-0.2, -0.15) is 0 Å². The highest BCUT2D eigenvalue weighted by Crippen LogP contribution is 2.39. The first-order chi connectivity index (χ1) is 19.1. The van der Waals surface area contributed by atoms with Gasteiger partial charge in [0.05, 0.1) is 11.3 Å². The van der Waals surface area contributed by atoms with Crippen molar-refractivity contribution in [3.8, 4) is 22.9 Å². The lowest BCUT2D eigenvalue weighted by atomic mass is 9.90. The van der Waals surface area contributed by atoms with Gasteiger partial charge in [0.1, 0.15) is 11.9 Å². The number of aromatic nitrogens is 3. The van der Waals surface area contributed by atoms with Crippen LogP contribution < -0.4 is 20.7 Å². The number of nitrogens with one attached hydrogen (secondary N) is 1. The van der Waals surface area contributed by atoms with E-state index in [0.29, 0.717) is 28.3 Å². The summed E-state index contributed by atoms with van der Waals surface area (Å²) in [5.41, 5.74) is 13.4. The minimum absolute atomic E-state index is 0.350. The summed E-state index contributed by atoms with van der Waals surface area (Å²) < 4.78 is 6.19. The first-order valence-corrected chi connectivity index (χ1v) is 12.8. The maximum atomic E-state index is 6.76. The summed E-state index contributed by atoms with van der Waals surface area (Å²) in [6.45, 7) is 0. The van der Waals surface area contributed by atoms with E-state index in [2.05, 4.69) is 49.6 Å². The number of rotatable bonds is 6. The Morgan fingerprint density at radius 2 is 1.69 bits per heavy atom. The van der Waals surface area contributed by atoms with Crippen molar-refractivity contribution in [2.75, 3.05) is 17.3 Å². The van der Waals surface area contributed by atoms with E-state index in [1.54, 1.807) is 19.4 Å². The van der Waals surface area contributed by atoms with Crippen molar-refractivity contribution in [1.29, 1.82) is 0 Å². The van der Waals surface area contributed by atoms with Crippen molar-refractivity contribution >= 4 is 28.8 Å². The Hall–Kier alpha value is -4.72. The van der Waals surface area contributed by atoms with Crippen molar-refractivity contribution in [2.45, 2.75) is 6.17 Å². The fraction of sp³-hybridized carbons (Fsp3) is 0.0645. The van der Waals surface area contributed by atoms with Crippen LogP contribution in [-0.4, -0.2) is 22.0 Å². The first-order valence-electron chi connectivity index (χ1n) is 12.5. The van der Waals surface area contributed by atoms with Crippen LogP contribution in [0.3, 0.4) is 0 Å². The standard InChI is InChI=1S/C31H25ClN6O/c1-34-31-36-17-15-28(37-31)26-10-5-16-35-30(26)39-23-13-11-22(12-14-23)38-19-27(20-6-4-7-21(32)18-20)24-8-2-3-9-25(24)29(38)33/h2-19,29H,33H2,1H3,(H,34,36,37). The molecule has 0 saturated carbocycles. The van der Waals surface area contributed by atoms with Gasteiger partial charge in [0, 0.05) is 41.9 Å². The van der Waals surface area contributed by atoms with Crippen molar-refractivity contribution in [2.24, 2.45) is 5.73 Å². The third-order valence-electron chi connectivity index (χ3n) is 6.55. The number of nitrogens with zero attached hydrogens (tertiary/aromatic N) is 4. The van der Waals surface area contributed by atoms with Crippen LogP contribution >= 0.6 is 11.6 Å². The molecule has 6 rings (SSSR count). The molecule has 1 aliphatic heterocycles. The van der Waals surface area contributed by atoms with Gasteiger partial charge in [0.2, 0.25) is 11.8 Å². The van der Waals surface area contributed by atoms with Crippen LogP contribution in [0.4, 0.5) is 11.6 Å². The summed E-state index contributed by atoms with van der Waals surface area (Å²) >= 11 is 6.33. The zero-order valence-corrected chi connectivity index (χ0v) is 21.9. The number of anilines is 2. The average Bonchev–Trinajstić information content (AvgIpc) is 2.98. The average molecular weight is 533 g/mol. The largest absolute Gasteiger partial charge is 0.438 e. The van der Waals surface area contributed by atoms with Crippen LogP contribution in [0.1, 0.15) is 22.9 Å². The molecule has 0 bridgehead atoms. The molecule has 0 amide bonds. The Morgan fingerprint density at radius 3 is 2.51 bits per heavy atom. The van der Waals surface area contributed by atoms with E-state index < -0.39 is 0 Å². The molecule has 3 N–H and O–H groups in total. The van der Waals surface area contributed by atoms with Gasteiger partial charge in [-0.3, -0.25) is 0 Å². The van der Waals surface area contributed by atoms with E-state index in [4.69, 9.17) is 22.1 Å². The number of ether oxygens (including phenoxy) is 1. The Kier molecular flexibility index (Phi) is 6.67. The van der Waals surface area contributed by atoms with E-state index in [-0.39, 0.29) is 6.17 Å². The Labute approximate surface area is 231 Å². The molecule has 3 heterocycles. The predicted molar refractivity (Wildman–Crippen MR) is 156 cm³/mol. The molecule has 0 saturated heterocycles. The Bertz CT molecular complexity index is 1670. The lowest BCUT2D eigenvalue weighted by molar-refractivity contribution is 0.464. The molecular weight excluding hydrogens is 508 g/mol. The van der Waals surface area contributed by atoms with Crippen molar-refractivity contribution in [3.63, 3.8) is 0 Å². The smallest absolute Gasteiger partial charge is 0.228 e. The van der Waals surface area contributed by atoms with E-state index >= 15 is 0 Å². The van der Waals surface area contributed by atoms with Crippen molar-refractivity contribution in [3.05, 3.63) is 131 Å². The second-order valence-electron chi connectivity index (χ2n) is 8.96. The van der Waals surface area contributed by atoms with Crippen LogP contribution in [0.5, 0.6) is 11.6 Å². The zero-order chi connectivity index (χ0) is 26.8. The molecule has 0 fully saturated rings. The lowest BCUT2D eigenvalue weighted by Gasteiger charge is -2.35. The quantitative estimate of drug-likeness (QED) is 0.246. The highest BCUT2D eigenvalue weighted by molar-refractivity contribution is 6.30. The maximum Gasteiger partial charge on any atom is 0.228 e. The topological polar surface area (TPSA) is 89.2 Å². The molecule has 39 heavy (non-hydrogen) atoms. The van der Waals surface area contributed by atoms with Crippen LogP contribution in [0.15, 0.2) is 110 Å². The van der Waals surface area contributed by atoms with Gasteiger partial charge in [-0.1, -0.05) is 48.0 Å². The molecule has 1 unspecified atom stereocenters. The van der Waals surface area contributed by atoms with Crippen LogP contribution in [-0.2, 0) is 0 Å². The van der Waals surface area contributed by atoms with Gasteiger partial charge < -0.3 is 20.7 Å². The van der Waals surface area contributed by atoms with Gasteiger partial charge in [-0.05, 0) is 71.3 Å². The van der Waals surface area contributed by atoms with Crippen molar-refractivity contribution < 1.29 is 4.74 Å². The Morgan fingerprint density at radius 1 is 0.872 bits per heavy atom. The summed E-state index contributed by atoms with van der Waals surface area (Å²) in [5.74, 6) is 1.63. The summed E-state index contributed by atoms with van der Waals surface area (Å²) in [4.78, 5) is 15.2. The van der Waals surface area contributed by atoms with Gasteiger partial charge in [-0.15, -0.1) is 0 Å². The minimum Gasteiger partial charge on any atom is -0.438 e. The van der Waals surface area contributed by atoms with E-state index in [9.17, 15) is 0 Å². The molecule has 3 aromatic carbocycles.